The van der Waals surface area contributed by atoms with E-state index in [9.17, 15) is 5.11 Å². The van der Waals surface area contributed by atoms with E-state index in [0.29, 0.717) is 11.2 Å². The molecule has 1 N–H and O–H groups in total. The largest absolute Gasteiger partial charge is 0.392 e. The van der Waals surface area contributed by atoms with Crippen LogP contribution in [0.15, 0.2) is 0 Å². The number of thiol groups is 1. The van der Waals surface area contributed by atoms with Crippen LogP contribution < -0.4 is 0 Å². The number of rotatable bonds is 4. The summed E-state index contributed by atoms with van der Waals surface area (Å²) in [6, 6.07) is 0. The molecule has 0 aliphatic rings. The maximum atomic E-state index is 9.18. The van der Waals surface area contributed by atoms with E-state index in [-0.39, 0.29) is 6.10 Å². The Morgan fingerprint density at radius 2 is 1.91 bits per heavy atom. The Labute approximate surface area is 75.6 Å². The van der Waals surface area contributed by atoms with Crippen LogP contribution in [0.1, 0.15) is 40.0 Å². The van der Waals surface area contributed by atoms with Crippen molar-refractivity contribution in [2.45, 2.75) is 46.1 Å². The molecule has 0 amide bonds. The monoisotopic (exact) mass is 176 g/mol. The van der Waals surface area contributed by atoms with Crippen molar-refractivity contribution in [1.82, 2.24) is 0 Å². The molecule has 1 atom stereocenters. The van der Waals surface area contributed by atoms with Gasteiger partial charge in [0.1, 0.15) is 0 Å². The highest BCUT2D eigenvalue weighted by molar-refractivity contribution is 7.80. The summed E-state index contributed by atoms with van der Waals surface area (Å²) >= 11 is 4.01. The van der Waals surface area contributed by atoms with Crippen LogP contribution in [0.2, 0.25) is 0 Å². The molecule has 0 aromatic heterocycles. The molecular weight excluding hydrogens is 156 g/mol. The summed E-state index contributed by atoms with van der Waals surface area (Å²) in [5.74, 6) is 0.587. The maximum absolute atomic E-state index is 9.18. The fourth-order valence-electron chi connectivity index (χ4n) is 0.959. The summed E-state index contributed by atoms with van der Waals surface area (Å²) in [4.78, 5) is 0. The van der Waals surface area contributed by atoms with E-state index >= 15 is 0 Å². The third kappa shape index (κ3) is 8.21. The zero-order valence-corrected chi connectivity index (χ0v) is 8.69. The van der Waals surface area contributed by atoms with Crippen LogP contribution in [0.5, 0.6) is 0 Å². The third-order valence-corrected chi connectivity index (χ3v) is 2.10. The van der Waals surface area contributed by atoms with Gasteiger partial charge in [-0.15, -0.1) is 0 Å². The van der Waals surface area contributed by atoms with Gasteiger partial charge in [-0.3, -0.25) is 0 Å². The Balaban J connectivity index is 3.28. The van der Waals surface area contributed by atoms with Crippen LogP contribution in [-0.2, 0) is 0 Å². The van der Waals surface area contributed by atoms with Crippen LogP contribution in [0.25, 0.3) is 0 Å². The first-order chi connectivity index (χ1) is 4.95. The van der Waals surface area contributed by atoms with E-state index in [2.05, 4.69) is 33.4 Å². The molecule has 0 aromatic rings. The Hall–Kier alpha value is 0.310. The van der Waals surface area contributed by atoms with Gasteiger partial charge in [-0.05, 0) is 18.3 Å². The van der Waals surface area contributed by atoms with E-state index < -0.39 is 0 Å². The molecule has 0 fully saturated rings. The summed E-state index contributed by atoms with van der Waals surface area (Å²) in [5, 5.41) is 9.18. The highest BCUT2D eigenvalue weighted by Gasteiger charge is 2.10. The summed E-state index contributed by atoms with van der Waals surface area (Å²) in [5.41, 5.74) is 0.399. The maximum Gasteiger partial charge on any atom is 0.0628 e. The number of hydrogen-bond acceptors (Lipinski definition) is 2. The number of aliphatic hydroxyl groups excluding tert-OH is 1. The second-order valence-electron chi connectivity index (χ2n) is 4.29. The molecule has 1 unspecified atom stereocenters. The van der Waals surface area contributed by atoms with Crippen molar-refractivity contribution in [2.75, 3.05) is 5.75 Å². The SMILES string of the molecule is CC(C)(C)CCCC(O)CS. The van der Waals surface area contributed by atoms with Gasteiger partial charge in [0.25, 0.3) is 0 Å². The van der Waals surface area contributed by atoms with E-state index in [1.165, 1.54) is 6.42 Å². The Morgan fingerprint density at radius 3 is 2.27 bits per heavy atom. The van der Waals surface area contributed by atoms with E-state index in [0.717, 1.165) is 12.8 Å². The molecule has 0 radical (unpaired) electrons. The van der Waals surface area contributed by atoms with Gasteiger partial charge < -0.3 is 5.11 Å². The van der Waals surface area contributed by atoms with Gasteiger partial charge in [-0.1, -0.05) is 27.2 Å². The predicted octanol–water partition coefficient (Wildman–Crippen LogP) is 2.49. The zero-order valence-electron chi connectivity index (χ0n) is 7.80. The lowest BCUT2D eigenvalue weighted by Gasteiger charge is -2.18. The fourth-order valence-corrected chi connectivity index (χ4v) is 1.14. The predicted molar refractivity (Wildman–Crippen MR) is 53.2 cm³/mol. The molecule has 2 heteroatoms. The molecule has 11 heavy (non-hydrogen) atoms. The lowest BCUT2D eigenvalue weighted by molar-refractivity contribution is 0.179. The molecule has 0 aliphatic carbocycles. The second kappa shape index (κ2) is 5.04. The first-order valence-corrected chi connectivity index (χ1v) is 4.88. The van der Waals surface area contributed by atoms with Gasteiger partial charge in [0, 0.05) is 5.75 Å². The minimum Gasteiger partial charge on any atom is -0.392 e. The van der Waals surface area contributed by atoms with Crippen LogP contribution in [-0.4, -0.2) is 17.0 Å². The van der Waals surface area contributed by atoms with E-state index in [4.69, 9.17) is 0 Å². The van der Waals surface area contributed by atoms with Crippen LogP contribution in [0.4, 0.5) is 0 Å². The molecule has 0 aliphatic heterocycles. The van der Waals surface area contributed by atoms with Crippen molar-refractivity contribution in [3.05, 3.63) is 0 Å². The first-order valence-electron chi connectivity index (χ1n) is 4.24. The summed E-state index contributed by atoms with van der Waals surface area (Å²) in [6.07, 6.45) is 2.96. The summed E-state index contributed by atoms with van der Waals surface area (Å²) in [7, 11) is 0. The third-order valence-electron chi connectivity index (χ3n) is 1.67. The minimum atomic E-state index is -0.208. The normalized spacial score (nSPS) is 15.0. The lowest BCUT2D eigenvalue weighted by atomic mass is 9.89. The summed E-state index contributed by atoms with van der Waals surface area (Å²) in [6.45, 7) is 6.67. The molecule has 0 saturated carbocycles. The van der Waals surface area contributed by atoms with Gasteiger partial charge in [0.15, 0.2) is 0 Å². The Morgan fingerprint density at radius 1 is 1.36 bits per heavy atom. The van der Waals surface area contributed by atoms with Gasteiger partial charge in [-0.25, -0.2) is 0 Å². The smallest absolute Gasteiger partial charge is 0.0628 e. The van der Waals surface area contributed by atoms with Gasteiger partial charge in [0.05, 0.1) is 6.10 Å². The molecular formula is C9H20OS. The number of aliphatic hydroxyl groups is 1. The molecule has 0 saturated heterocycles. The molecule has 0 aromatic carbocycles. The molecule has 0 spiro atoms. The van der Waals surface area contributed by atoms with Crippen LogP contribution in [0, 0.1) is 5.41 Å². The zero-order chi connectivity index (χ0) is 8.91. The molecule has 1 nitrogen and oxygen atoms in total. The number of hydrogen-bond donors (Lipinski definition) is 2. The average molecular weight is 176 g/mol. The molecule has 68 valence electrons. The quantitative estimate of drug-likeness (QED) is 0.631. The Bertz CT molecular complexity index is 96.2. The van der Waals surface area contributed by atoms with Gasteiger partial charge >= 0.3 is 0 Å². The van der Waals surface area contributed by atoms with Crippen molar-refractivity contribution in [3.63, 3.8) is 0 Å². The van der Waals surface area contributed by atoms with E-state index in [1.54, 1.807) is 0 Å². The van der Waals surface area contributed by atoms with Crippen molar-refractivity contribution < 1.29 is 5.11 Å². The molecule has 0 rings (SSSR count). The van der Waals surface area contributed by atoms with E-state index in [1.807, 2.05) is 0 Å². The second-order valence-corrected chi connectivity index (χ2v) is 4.65. The van der Waals surface area contributed by atoms with Crippen molar-refractivity contribution in [1.29, 1.82) is 0 Å². The standard InChI is InChI=1S/C9H20OS/c1-9(2,3)6-4-5-8(10)7-11/h8,10-11H,4-7H2,1-3H3. The fraction of sp³-hybridized carbons (Fsp3) is 1.00. The van der Waals surface area contributed by atoms with Crippen molar-refractivity contribution in [3.8, 4) is 0 Å². The van der Waals surface area contributed by atoms with Gasteiger partial charge in [-0.2, -0.15) is 12.6 Å². The Kier molecular flexibility index (Phi) is 5.19. The van der Waals surface area contributed by atoms with Gasteiger partial charge in [0.2, 0.25) is 0 Å². The summed E-state index contributed by atoms with van der Waals surface area (Å²) < 4.78 is 0. The highest BCUT2D eigenvalue weighted by atomic mass is 32.1. The van der Waals surface area contributed by atoms with Crippen molar-refractivity contribution >= 4 is 12.6 Å². The molecule has 0 bridgehead atoms. The minimum absolute atomic E-state index is 0.208. The lowest BCUT2D eigenvalue weighted by Crippen LogP contribution is -2.11. The average Bonchev–Trinajstić information content (AvgIpc) is 1.85. The van der Waals surface area contributed by atoms with Crippen LogP contribution in [0.3, 0.4) is 0 Å². The highest BCUT2D eigenvalue weighted by Crippen LogP contribution is 2.22. The topological polar surface area (TPSA) is 20.2 Å². The van der Waals surface area contributed by atoms with Crippen molar-refractivity contribution in [2.24, 2.45) is 5.41 Å². The first kappa shape index (κ1) is 11.3. The van der Waals surface area contributed by atoms with Crippen LogP contribution >= 0.6 is 12.6 Å². The molecule has 0 heterocycles.